The van der Waals surface area contributed by atoms with Crippen molar-refractivity contribution in [2.75, 3.05) is 6.61 Å². The number of hydrogen-bond donors (Lipinski definition) is 1. The lowest BCUT2D eigenvalue weighted by Gasteiger charge is -2.38. The van der Waals surface area contributed by atoms with Gasteiger partial charge in [0.1, 0.15) is 5.54 Å². The number of nitrogens with one attached hydrogen (secondary N) is 1. The molecule has 2 rings (SSSR count). The lowest BCUT2D eigenvalue weighted by Crippen LogP contribution is -2.57. The fourth-order valence-corrected chi connectivity index (χ4v) is 4.24. The second-order valence-electron chi connectivity index (χ2n) is 6.07. The summed E-state index contributed by atoms with van der Waals surface area (Å²) in [6.45, 7) is 4.28. The fraction of sp³-hybridized carbons (Fsp3) is 0.647. The predicted octanol–water partition coefficient (Wildman–Crippen LogP) is 3.96. The van der Waals surface area contributed by atoms with Gasteiger partial charge in [0.05, 0.1) is 18.1 Å². The molecule has 23 heavy (non-hydrogen) atoms. The molecule has 6 heteroatoms. The van der Waals surface area contributed by atoms with Gasteiger partial charge in [-0.1, -0.05) is 24.9 Å². The molecule has 0 spiro atoms. The van der Waals surface area contributed by atoms with Crippen molar-refractivity contribution in [1.29, 1.82) is 0 Å². The van der Waals surface area contributed by atoms with Crippen LogP contribution >= 0.6 is 22.9 Å². The molecule has 1 fully saturated rings. The van der Waals surface area contributed by atoms with Gasteiger partial charge in [-0.3, -0.25) is 4.79 Å². The first kappa shape index (κ1) is 18.3. The molecule has 0 aromatic carbocycles. The summed E-state index contributed by atoms with van der Waals surface area (Å²) in [4.78, 5) is 25.7. The Morgan fingerprint density at radius 3 is 2.61 bits per heavy atom. The van der Waals surface area contributed by atoms with E-state index in [2.05, 4.69) is 12.2 Å². The van der Waals surface area contributed by atoms with Crippen molar-refractivity contribution in [2.24, 2.45) is 5.92 Å². The Morgan fingerprint density at radius 1 is 1.39 bits per heavy atom. The van der Waals surface area contributed by atoms with Crippen LogP contribution in [-0.4, -0.2) is 24.0 Å². The molecule has 1 amide bonds. The van der Waals surface area contributed by atoms with Gasteiger partial charge in [-0.2, -0.15) is 0 Å². The van der Waals surface area contributed by atoms with E-state index in [0.717, 1.165) is 24.1 Å². The summed E-state index contributed by atoms with van der Waals surface area (Å²) in [5.41, 5.74) is -0.873. The SMILES string of the molecule is CCOC(=O)C1(NC(=O)Cc2sccc2Cl)CCC(CC)CC1. The molecule has 1 saturated carbocycles. The molecule has 0 unspecified atom stereocenters. The molecule has 1 N–H and O–H groups in total. The van der Waals surface area contributed by atoms with Crippen molar-refractivity contribution < 1.29 is 14.3 Å². The highest BCUT2D eigenvalue weighted by Crippen LogP contribution is 2.35. The van der Waals surface area contributed by atoms with E-state index in [9.17, 15) is 9.59 Å². The van der Waals surface area contributed by atoms with Crippen LogP contribution in [0.25, 0.3) is 0 Å². The van der Waals surface area contributed by atoms with E-state index in [4.69, 9.17) is 16.3 Å². The van der Waals surface area contributed by atoms with E-state index in [0.29, 0.717) is 30.4 Å². The quantitative estimate of drug-likeness (QED) is 0.784. The Morgan fingerprint density at radius 2 is 2.09 bits per heavy atom. The minimum Gasteiger partial charge on any atom is -0.464 e. The van der Waals surface area contributed by atoms with E-state index in [-0.39, 0.29) is 18.3 Å². The Kier molecular flexibility index (Phi) is 6.48. The van der Waals surface area contributed by atoms with Crippen LogP contribution in [0.5, 0.6) is 0 Å². The maximum Gasteiger partial charge on any atom is 0.331 e. The Bertz CT molecular complexity index is 550. The first-order valence-electron chi connectivity index (χ1n) is 8.21. The molecule has 1 aliphatic carbocycles. The van der Waals surface area contributed by atoms with Crippen molar-refractivity contribution in [3.8, 4) is 0 Å². The lowest BCUT2D eigenvalue weighted by atomic mass is 9.75. The predicted molar refractivity (Wildman–Crippen MR) is 92.8 cm³/mol. The summed E-state index contributed by atoms with van der Waals surface area (Å²) in [6, 6.07) is 1.78. The van der Waals surface area contributed by atoms with Crippen LogP contribution in [0.3, 0.4) is 0 Å². The lowest BCUT2D eigenvalue weighted by molar-refractivity contribution is -0.155. The number of thiophene rings is 1. The molecule has 1 aromatic rings. The largest absolute Gasteiger partial charge is 0.464 e. The summed E-state index contributed by atoms with van der Waals surface area (Å²) in [6.07, 6.45) is 4.49. The van der Waals surface area contributed by atoms with Gasteiger partial charge in [-0.25, -0.2) is 4.79 Å². The van der Waals surface area contributed by atoms with Gasteiger partial charge in [0.2, 0.25) is 5.91 Å². The van der Waals surface area contributed by atoms with Crippen LogP contribution in [0, 0.1) is 5.92 Å². The molecule has 0 atom stereocenters. The highest BCUT2D eigenvalue weighted by atomic mass is 35.5. The van der Waals surface area contributed by atoms with E-state index in [1.165, 1.54) is 11.3 Å². The maximum absolute atomic E-state index is 12.5. The normalized spacial score (nSPS) is 24.2. The standard InChI is InChI=1S/C17H24ClNO3S/c1-3-12-5-8-17(9-6-12,16(21)22-4-2)19-15(20)11-14-13(18)7-10-23-14/h7,10,12H,3-6,8-9,11H2,1-2H3,(H,19,20). The monoisotopic (exact) mass is 357 g/mol. The van der Waals surface area contributed by atoms with Crippen LogP contribution < -0.4 is 5.32 Å². The van der Waals surface area contributed by atoms with Crippen LogP contribution in [0.4, 0.5) is 0 Å². The highest BCUT2D eigenvalue weighted by molar-refractivity contribution is 7.10. The first-order valence-corrected chi connectivity index (χ1v) is 9.46. The number of hydrogen-bond acceptors (Lipinski definition) is 4. The van der Waals surface area contributed by atoms with Crippen LogP contribution in [0.2, 0.25) is 5.02 Å². The zero-order valence-electron chi connectivity index (χ0n) is 13.7. The summed E-state index contributed by atoms with van der Waals surface area (Å²) in [5.74, 6) is 0.152. The number of halogens is 1. The molecule has 1 aliphatic rings. The minimum absolute atomic E-state index is 0.169. The average Bonchev–Trinajstić information content (AvgIpc) is 2.93. The fourth-order valence-electron chi connectivity index (χ4n) is 3.14. The van der Waals surface area contributed by atoms with E-state index in [1.54, 1.807) is 13.0 Å². The number of esters is 1. The minimum atomic E-state index is -0.873. The first-order chi connectivity index (χ1) is 11.0. The zero-order valence-corrected chi connectivity index (χ0v) is 15.3. The number of carbonyl (C=O) groups excluding carboxylic acids is 2. The summed E-state index contributed by atoms with van der Waals surface area (Å²) in [5, 5.41) is 5.42. The summed E-state index contributed by atoms with van der Waals surface area (Å²) in [7, 11) is 0. The van der Waals surface area contributed by atoms with Crippen LogP contribution in [0.1, 0.15) is 50.8 Å². The van der Waals surface area contributed by atoms with Crippen molar-refractivity contribution in [3.05, 3.63) is 21.3 Å². The number of rotatable bonds is 6. The Labute approximate surface area is 146 Å². The van der Waals surface area contributed by atoms with E-state index >= 15 is 0 Å². The maximum atomic E-state index is 12.5. The molecule has 0 radical (unpaired) electrons. The number of carbonyl (C=O) groups is 2. The second kappa shape index (κ2) is 8.15. The third-order valence-corrected chi connectivity index (χ3v) is 5.98. The van der Waals surface area contributed by atoms with Crippen molar-refractivity contribution in [3.63, 3.8) is 0 Å². The smallest absolute Gasteiger partial charge is 0.331 e. The van der Waals surface area contributed by atoms with Gasteiger partial charge >= 0.3 is 5.97 Å². The van der Waals surface area contributed by atoms with Gasteiger partial charge < -0.3 is 10.1 Å². The number of amides is 1. The van der Waals surface area contributed by atoms with E-state index in [1.807, 2.05) is 5.38 Å². The molecule has 128 valence electrons. The zero-order chi connectivity index (χ0) is 16.9. The molecular formula is C17H24ClNO3S. The Balaban J connectivity index is 2.07. The molecule has 0 aliphatic heterocycles. The molecular weight excluding hydrogens is 334 g/mol. The number of ether oxygens (including phenoxy) is 1. The van der Waals surface area contributed by atoms with Crippen molar-refractivity contribution in [2.45, 2.75) is 57.9 Å². The van der Waals surface area contributed by atoms with Crippen molar-refractivity contribution >= 4 is 34.8 Å². The van der Waals surface area contributed by atoms with Gasteiger partial charge in [0.25, 0.3) is 0 Å². The topological polar surface area (TPSA) is 55.4 Å². The van der Waals surface area contributed by atoms with Crippen LogP contribution in [-0.2, 0) is 20.7 Å². The van der Waals surface area contributed by atoms with Gasteiger partial charge in [-0.05, 0) is 50.0 Å². The third-order valence-electron chi connectivity index (χ3n) is 4.59. The summed E-state index contributed by atoms with van der Waals surface area (Å²) >= 11 is 7.50. The Hall–Kier alpha value is -1.07. The molecule has 1 aromatic heterocycles. The molecule has 0 saturated heterocycles. The van der Waals surface area contributed by atoms with Crippen LogP contribution in [0.15, 0.2) is 11.4 Å². The molecule has 0 bridgehead atoms. The molecule has 1 heterocycles. The van der Waals surface area contributed by atoms with E-state index < -0.39 is 5.54 Å². The second-order valence-corrected chi connectivity index (χ2v) is 7.48. The highest BCUT2D eigenvalue weighted by Gasteiger charge is 2.44. The average molecular weight is 358 g/mol. The van der Waals surface area contributed by atoms with Gasteiger partial charge in [0, 0.05) is 4.88 Å². The van der Waals surface area contributed by atoms with Gasteiger partial charge in [-0.15, -0.1) is 11.3 Å². The van der Waals surface area contributed by atoms with Crippen molar-refractivity contribution in [1.82, 2.24) is 5.32 Å². The van der Waals surface area contributed by atoms with Gasteiger partial charge in [0.15, 0.2) is 0 Å². The summed E-state index contributed by atoms with van der Waals surface area (Å²) < 4.78 is 5.24. The molecule has 4 nitrogen and oxygen atoms in total. The third kappa shape index (κ3) is 4.48.